The molecule has 1 aliphatic carbocycles. The highest BCUT2D eigenvalue weighted by molar-refractivity contribution is 6.31. The molecule has 4 aromatic rings. The summed E-state index contributed by atoms with van der Waals surface area (Å²) < 4.78 is 42.2. The largest absolute Gasteiger partial charge is 0.433 e. The molecule has 0 unspecified atom stereocenters. The Kier molecular flexibility index (Phi) is 6.07. The van der Waals surface area contributed by atoms with Crippen LogP contribution in [-0.2, 0) is 6.18 Å². The van der Waals surface area contributed by atoms with E-state index < -0.39 is 23.2 Å². The van der Waals surface area contributed by atoms with Crippen molar-refractivity contribution in [2.24, 2.45) is 5.73 Å². The molecule has 0 radical (unpaired) electrons. The minimum absolute atomic E-state index is 0.0391. The molecule has 3 aromatic heterocycles. The van der Waals surface area contributed by atoms with Gasteiger partial charge in [0.1, 0.15) is 16.8 Å². The van der Waals surface area contributed by atoms with Crippen LogP contribution in [0.15, 0.2) is 53.6 Å². The van der Waals surface area contributed by atoms with Gasteiger partial charge in [-0.2, -0.15) is 13.2 Å². The number of rotatable bonds is 4. The molecule has 0 bridgehead atoms. The highest BCUT2D eigenvalue weighted by atomic mass is 35.5. The smallest absolute Gasteiger partial charge is 0.382 e. The molecule has 3 heterocycles. The first-order valence-corrected chi connectivity index (χ1v) is 11.7. The van der Waals surface area contributed by atoms with Crippen molar-refractivity contribution in [3.63, 3.8) is 0 Å². The zero-order chi connectivity index (χ0) is 25.6. The van der Waals surface area contributed by atoms with Crippen LogP contribution < -0.4 is 16.5 Å². The lowest BCUT2D eigenvalue weighted by molar-refractivity contribution is -0.140. The van der Waals surface area contributed by atoms with Crippen molar-refractivity contribution in [2.75, 3.05) is 5.32 Å². The van der Waals surface area contributed by atoms with E-state index in [9.17, 15) is 22.8 Å². The van der Waals surface area contributed by atoms with Gasteiger partial charge in [0.25, 0.3) is 5.91 Å². The van der Waals surface area contributed by atoms with Crippen molar-refractivity contribution < 1.29 is 18.0 Å². The highest BCUT2D eigenvalue weighted by Gasteiger charge is 2.34. The van der Waals surface area contributed by atoms with Crippen molar-refractivity contribution in [3.8, 4) is 0 Å². The third-order valence-corrected chi connectivity index (χ3v) is 6.80. The summed E-state index contributed by atoms with van der Waals surface area (Å²) in [5.74, 6) is -0.819. The number of benzene rings is 1. The van der Waals surface area contributed by atoms with E-state index in [-0.39, 0.29) is 28.7 Å². The number of aromatic nitrogens is 3. The zero-order valence-corrected chi connectivity index (χ0v) is 19.6. The van der Waals surface area contributed by atoms with Crippen LogP contribution in [0.2, 0.25) is 5.02 Å². The SMILES string of the molecule is NC(=O)c1cn(C2CCC(Nc3cc(C(F)(F)F)nc4ccc(Cl)cc34)CC2)c2cccnc2c1=O. The molecular weight excluding hydrogens is 495 g/mol. The lowest BCUT2D eigenvalue weighted by Gasteiger charge is -2.32. The second kappa shape index (κ2) is 9.09. The van der Waals surface area contributed by atoms with Gasteiger partial charge < -0.3 is 15.6 Å². The first-order chi connectivity index (χ1) is 17.1. The second-order valence-corrected chi connectivity index (χ2v) is 9.32. The maximum atomic E-state index is 13.5. The molecule has 0 spiro atoms. The summed E-state index contributed by atoms with van der Waals surface area (Å²) >= 11 is 6.10. The van der Waals surface area contributed by atoms with Gasteiger partial charge >= 0.3 is 6.18 Å². The number of nitrogens with two attached hydrogens (primary N) is 1. The standard InChI is InChI=1S/C25H21ClF3N5O2/c26-13-3-8-18-16(10-13)19(11-21(33-18)25(27,28)29)32-14-4-6-15(7-5-14)34-12-17(24(30)36)23(35)22-20(34)2-1-9-31-22/h1-3,8-12,14-15H,4-7H2,(H2,30,36)(H,32,33). The Labute approximate surface area is 208 Å². The fourth-order valence-electron chi connectivity index (χ4n) is 4.83. The molecule has 0 atom stereocenters. The van der Waals surface area contributed by atoms with Crippen LogP contribution in [0.1, 0.15) is 47.8 Å². The molecule has 186 valence electrons. The van der Waals surface area contributed by atoms with E-state index in [0.717, 1.165) is 6.07 Å². The predicted octanol–water partition coefficient (Wildman–Crippen LogP) is 5.31. The molecular formula is C25H21ClF3N5O2. The van der Waals surface area contributed by atoms with Crippen molar-refractivity contribution in [3.05, 3.63) is 75.3 Å². The molecule has 1 amide bonds. The maximum absolute atomic E-state index is 13.5. The maximum Gasteiger partial charge on any atom is 0.433 e. The molecule has 5 rings (SSSR count). The van der Waals surface area contributed by atoms with Gasteiger partial charge in [-0.25, -0.2) is 4.98 Å². The Morgan fingerprint density at radius 1 is 1.14 bits per heavy atom. The minimum atomic E-state index is -4.58. The summed E-state index contributed by atoms with van der Waals surface area (Å²) in [5, 5.41) is 4.18. The topological polar surface area (TPSA) is 103 Å². The summed E-state index contributed by atoms with van der Waals surface area (Å²) in [6.45, 7) is 0. The van der Waals surface area contributed by atoms with E-state index in [0.29, 0.717) is 47.3 Å². The van der Waals surface area contributed by atoms with E-state index >= 15 is 0 Å². The van der Waals surface area contributed by atoms with Crippen molar-refractivity contribution >= 4 is 45.1 Å². The summed E-state index contributed by atoms with van der Waals surface area (Å²) in [4.78, 5) is 32.4. The number of nitrogens with zero attached hydrogens (tertiary/aromatic N) is 3. The Bertz CT molecular complexity index is 1550. The number of halogens is 4. The first kappa shape index (κ1) is 24.1. The molecule has 1 aliphatic rings. The second-order valence-electron chi connectivity index (χ2n) is 8.88. The van der Waals surface area contributed by atoms with Gasteiger partial charge in [-0.1, -0.05) is 11.6 Å². The molecule has 7 nitrogen and oxygen atoms in total. The van der Waals surface area contributed by atoms with Gasteiger partial charge in [-0.15, -0.1) is 0 Å². The van der Waals surface area contributed by atoms with Gasteiger partial charge in [0.05, 0.1) is 11.0 Å². The van der Waals surface area contributed by atoms with Gasteiger partial charge in [-0.3, -0.25) is 14.6 Å². The number of anilines is 1. The molecule has 11 heteroatoms. The number of carbonyl (C=O) groups is 1. The van der Waals surface area contributed by atoms with E-state index in [1.807, 2.05) is 4.57 Å². The van der Waals surface area contributed by atoms with Crippen molar-refractivity contribution in [1.29, 1.82) is 0 Å². The zero-order valence-electron chi connectivity index (χ0n) is 18.8. The van der Waals surface area contributed by atoms with Gasteiger partial charge in [-0.05, 0) is 62.1 Å². The third-order valence-electron chi connectivity index (χ3n) is 6.57. The van der Waals surface area contributed by atoms with Gasteiger partial charge in [0, 0.05) is 40.6 Å². The molecule has 1 aromatic carbocycles. The van der Waals surface area contributed by atoms with Crippen molar-refractivity contribution in [2.45, 2.75) is 43.9 Å². The third kappa shape index (κ3) is 4.48. The average Bonchev–Trinajstić information content (AvgIpc) is 2.84. The number of fused-ring (bicyclic) bond motifs is 2. The van der Waals surface area contributed by atoms with Crippen LogP contribution in [-0.4, -0.2) is 26.5 Å². The van der Waals surface area contributed by atoms with Gasteiger partial charge in [0.2, 0.25) is 5.43 Å². The molecule has 0 saturated heterocycles. The van der Waals surface area contributed by atoms with Crippen LogP contribution in [0.4, 0.5) is 18.9 Å². The molecule has 3 N–H and O–H groups in total. The normalized spacial score (nSPS) is 18.4. The quantitative estimate of drug-likeness (QED) is 0.383. The minimum Gasteiger partial charge on any atom is -0.382 e. The predicted molar refractivity (Wildman–Crippen MR) is 131 cm³/mol. The molecule has 1 saturated carbocycles. The highest BCUT2D eigenvalue weighted by Crippen LogP contribution is 2.37. The summed E-state index contributed by atoms with van der Waals surface area (Å²) in [7, 11) is 0. The van der Waals surface area contributed by atoms with Crippen molar-refractivity contribution in [1.82, 2.24) is 14.5 Å². The molecule has 0 aliphatic heterocycles. The Balaban J connectivity index is 1.43. The monoisotopic (exact) mass is 515 g/mol. The lowest BCUT2D eigenvalue weighted by Crippen LogP contribution is -2.30. The summed E-state index contributed by atoms with van der Waals surface area (Å²) in [6.07, 6.45) is 1.02. The van der Waals surface area contributed by atoms with E-state index in [4.69, 9.17) is 17.3 Å². The van der Waals surface area contributed by atoms with E-state index in [2.05, 4.69) is 15.3 Å². The fraction of sp³-hybridized carbons (Fsp3) is 0.280. The Morgan fingerprint density at radius 3 is 2.58 bits per heavy atom. The first-order valence-electron chi connectivity index (χ1n) is 11.4. The summed E-state index contributed by atoms with van der Waals surface area (Å²) in [5.41, 5.74) is 5.14. The van der Waals surface area contributed by atoms with Crippen LogP contribution in [0, 0.1) is 0 Å². The number of hydrogen-bond donors (Lipinski definition) is 2. The number of nitrogens with one attached hydrogen (secondary N) is 1. The Hall–Kier alpha value is -3.66. The van der Waals surface area contributed by atoms with Gasteiger partial charge in [0.15, 0.2) is 0 Å². The number of alkyl halides is 3. The average molecular weight is 516 g/mol. The van der Waals surface area contributed by atoms with Crippen LogP contribution >= 0.6 is 11.6 Å². The fourth-order valence-corrected chi connectivity index (χ4v) is 5.01. The van der Waals surface area contributed by atoms with Crippen LogP contribution in [0.25, 0.3) is 21.9 Å². The van der Waals surface area contributed by atoms with Crippen LogP contribution in [0.3, 0.4) is 0 Å². The van der Waals surface area contributed by atoms with E-state index in [1.165, 1.54) is 24.5 Å². The molecule has 36 heavy (non-hydrogen) atoms. The molecule has 1 fully saturated rings. The number of primary amides is 1. The summed E-state index contributed by atoms with van der Waals surface area (Å²) in [6, 6.07) is 8.95. The number of carbonyl (C=O) groups excluding carboxylic acids is 1. The van der Waals surface area contributed by atoms with E-state index in [1.54, 1.807) is 18.2 Å². The van der Waals surface area contributed by atoms with Crippen LogP contribution in [0.5, 0.6) is 0 Å². The number of hydrogen-bond acceptors (Lipinski definition) is 5. The number of amides is 1. The Morgan fingerprint density at radius 2 is 1.89 bits per heavy atom. The number of pyridine rings is 3. The lowest BCUT2D eigenvalue weighted by atomic mass is 9.90.